The minimum atomic E-state index is -0.575. The van der Waals surface area contributed by atoms with Crippen LogP contribution >= 0.6 is 0 Å². The summed E-state index contributed by atoms with van der Waals surface area (Å²) in [7, 11) is 0. The van der Waals surface area contributed by atoms with Crippen molar-refractivity contribution in [3.05, 3.63) is 41.5 Å². The first-order valence-corrected chi connectivity index (χ1v) is 8.42. The Labute approximate surface area is 141 Å². The zero-order valence-corrected chi connectivity index (χ0v) is 13.8. The van der Waals surface area contributed by atoms with E-state index in [0.717, 1.165) is 31.9 Å². The van der Waals surface area contributed by atoms with Gasteiger partial charge in [0.05, 0.1) is 0 Å². The van der Waals surface area contributed by atoms with Crippen LogP contribution in [0.25, 0.3) is 6.08 Å². The van der Waals surface area contributed by atoms with Crippen LogP contribution in [0, 0.1) is 11.6 Å². The molecule has 1 saturated heterocycles. The van der Waals surface area contributed by atoms with E-state index in [4.69, 9.17) is 5.73 Å². The second-order valence-electron chi connectivity index (χ2n) is 6.06. The lowest BCUT2D eigenvalue weighted by Gasteiger charge is -2.35. The summed E-state index contributed by atoms with van der Waals surface area (Å²) in [4.78, 5) is 13.8. The molecule has 1 heterocycles. The van der Waals surface area contributed by atoms with Crippen molar-refractivity contribution in [1.29, 1.82) is 0 Å². The van der Waals surface area contributed by atoms with E-state index >= 15 is 0 Å². The van der Waals surface area contributed by atoms with Gasteiger partial charge in [-0.1, -0.05) is 18.6 Å². The van der Waals surface area contributed by atoms with Gasteiger partial charge < -0.3 is 11.1 Å². The van der Waals surface area contributed by atoms with Gasteiger partial charge >= 0.3 is 0 Å². The number of hydrogen-bond acceptors (Lipinski definition) is 3. The molecule has 4 nitrogen and oxygen atoms in total. The zero-order valence-electron chi connectivity index (χ0n) is 13.8. The molecular weight excluding hydrogens is 312 g/mol. The van der Waals surface area contributed by atoms with Gasteiger partial charge in [0.2, 0.25) is 5.91 Å². The summed E-state index contributed by atoms with van der Waals surface area (Å²) < 4.78 is 26.5. The quantitative estimate of drug-likeness (QED) is 0.803. The molecule has 1 atom stereocenters. The highest BCUT2D eigenvalue weighted by molar-refractivity contribution is 5.76. The van der Waals surface area contributed by atoms with Gasteiger partial charge in [-0.15, -0.1) is 0 Å². The molecule has 1 aromatic rings. The average Bonchev–Trinajstić information content (AvgIpc) is 2.56. The van der Waals surface area contributed by atoms with E-state index in [2.05, 4.69) is 10.2 Å². The van der Waals surface area contributed by atoms with Gasteiger partial charge in [0.1, 0.15) is 11.6 Å². The third-order valence-corrected chi connectivity index (χ3v) is 4.26. The Bertz CT molecular complexity index is 577. The molecule has 0 spiro atoms. The van der Waals surface area contributed by atoms with Gasteiger partial charge in [0, 0.05) is 43.7 Å². The lowest BCUT2D eigenvalue weighted by atomic mass is 10.0. The Balaban J connectivity index is 1.88. The van der Waals surface area contributed by atoms with Crippen molar-refractivity contribution in [3.8, 4) is 0 Å². The topological polar surface area (TPSA) is 58.4 Å². The summed E-state index contributed by atoms with van der Waals surface area (Å²) in [5.41, 5.74) is 5.75. The van der Waals surface area contributed by atoms with Gasteiger partial charge in [-0.2, -0.15) is 0 Å². The van der Waals surface area contributed by atoms with E-state index in [-0.39, 0.29) is 11.9 Å². The van der Waals surface area contributed by atoms with Crippen LogP contribution < -0.4 is 11.1 Å². The molecule has 1 fully saturated rings. The fourth-order valence-corrected chi connectivity index (χ4v) is 2.93. The first-order chi connectivity index (χ1) is 11.6. The normalized spacial score (nSPS) is 18.9. The highest BCUT2D eigenvalue weighted by atomic mass is 19.1. The third kappa shape index (κ3) is 5.69. The lowest BCUT2D eigenvalue weighted by molar-refractivity contribution is -0.121. The summed E-state index contributed by atoms with van der Waals surface area (Å²) in [6, 6.07) is 3.85. The highest BCUT2D eigenvalue weighted by Gasteiger charge is 2.21. The molecule has 24 heavy (non-hydrogen) atoms. The number of amides is 1. The first kappa shape index (κ1) is 18.5. The number of nitrogens with one attached hydrogen (secondary N) is 1. The Kier molecular flexibility index (Phi) is 7.34. The Morgan fingerprint density at radius 3 is 2.96 bits per heavy atom. The lowest BCUT2D eigenvalue weighted by Crippen LogP contribution is -2.46. The molecule has 1 unspecified atom stereocenters. The Morgan fingerprint density at radius 2 is 2.21 bits per heavy atom. The van der Waals surface area contributed by atoms with E-state index in [1.165, 1.54) is 12.1 Å². The minimum absolute atomic E-state index is 0.0213. The largest absolute Gasteiger partial charge is 0.354 e. The number of carbonyl (C=O) groups is 1. The Morgan fingerprint density at radius 1 is 1.38 bits per heavy atom. The summed E-state index contributed by atoms with van der Waals surface area (Å²) in [6.45, 7) is 2.59. The molecule has 6 heteroatoms. The van der Waals surface area contributed by atoms with Crippen molar-refractivity contribution in [1.82, 2.24) is 10.2 Å². The van der Waals surface area contributed by atoms with Crippen molar-refractivity contribution in [3.63, 3.8) is 0 Å². The monoisotopic (exact) mass is 337 g/mol. The summed E-state index contributed by atoms with van der Waals surface area (Å²) >= 11 is 0. The SMILES string of the molecule is NCCC(=O)NCC1CCCCN1C/C=C/c1ccc(F)cc1F. The van der Waals surface area contributed by atoms with Gasteiger partial charge in [0.25, 0.3) is 0 Å². The standard InChI is InChI=1S/C18H25F2N3O/c19-15-7-6-14(17(20)12-15)4-3-11-23-10-2-1-5-16(23)13-22-18(24)8-9-21/h3-4,6-7,12,16H,1-2,5,8-11,13,21H2,(H,22,24)/b4-3+. The molecule has 1 aliphatic rings. The zero-order chi connectivity index (χ0) is 17.4. The molecule has 3 N–H and O–H groups in total. The molecule has 0 bridgehead atoms. The average molecular weight is 337 g/mol. The first-order valence-electron chi connectivity index (χ1n) is 8.42. The fourth-order valence-electron chi connectivity index (χ4n) is 2.93. The van der Waals surface area contributed by atoms with Crippen molar-refractivity contribution in [2.75, 3.05) is 26.2 Å². The second-order valence-corrected chi connectivity index (χ2v) is 6.06. The number of nitrogens with zero attached hydrogens (tertiary/aromatic N) is 1. The van der Waals surface area contributed by atoms with Gasteiger partial charge in [-0.3, -0.25) is 9.69 Å². The summed E-state index contributed by atoms with van der Waals surface area (Å²) in [6.07, 6.45) is 7.19. The fraction of sp³-hybridized carbons (Fsp3) is 0.500. The van der Waals surface area contributed by atoms with Crippen molar-refractivity contribution < 1.29 is 13.6 Å². The number of rotatable bonds is 7. The van der Waals surface area contributed by atoms with Crippen LogP contribution in [-0.4, -0.2) is 43.0 Å². The molecule has 0 saturated carbocycles. The molecule has 132 valence electrons. The van der Waals surface area contributed by atoms with Crippen LogP contribution in [0.4, 0.5) is 8.78 Å². The molecule has 1 amide bonds. The number of likely N-dealkylation sites (tertiary alicyclic amines) is 1. The Hall–Kier alpha value is -1.79. The number of hydrogen-bond donors (Lipinski definition) is 2. The molecule has 1 aliphatic heterocycles. The van der Waals surface area contributed by atoms with E-state index in [1.807, 2.05) is 6.08 Å². The molecule has 0 aromatic heterocycles. The van der Waals surface area contributed by atoms with Crippen LogP contribution in [0.15, 0.2) is 24.3 Å². The van der Waals surface area contributed by atoms with Gasteiger partial charge in [0.15, 0.2) is 0 Å². The number of piperidine rings is 1. The predicted molar refractivity (Wildman–Crippen MR) is 91.3 cm³/mol. The van der Waals surface area contributed by atoms with Crippen LogP contribution in [0.5, 0.6) is 0 Å². The van der Waals surface area contributed by atoms with E-state index < -0.39 is 11.6 Å². The molecule has 0 aliphatic carbocycles. The van der Waals surface area contributed by atoms with Crippen molar-refractivity contribution in [2.45, 2.75) is 31.7 Å². The van der Waals surface area contributed by atoms with E-state index in [9.17, 15) is 13.6 Å². The molecule has 1 aromatic carbocycles. The van der Waals surface area contributed by atoms with E-state index in [1.54, 1.807) is 6.08 Å². The third-order valence-electron chi connectivity index (χ3n) is 4.26. The number of benzene rings is 1. The van der Waals surface area contributed by atoms with Crippen molar-refractivity contribution in [2.24, 2.45) is 5.73 Å². The number of carbonyl (C=O) groups excluding carboxylic acids is 1. The van der Waals surface area contributed by atoms with Crippen LogP contribution in [0.1, 0.15) is 31.2 Å². The maximum atomic E-state index is 13.6. The van der Waals surface area contributed by atoms with Gasteiger partial charge in [-0.25, -0.2) is 8.78 Å². The molecular formula is C18H25F2N3O. The highest BCUT2D eigenvalue weighted by Crippen LogP contribution is 2.17. The van der Waals surface area contributed by atoms with Crippen LogP contribution in [0.3, 0.4) is 0 Å². The minimum Gasteiger partial charge on any atom is -0.354 e. The van der Waals surface area contributed by atoms with Crippen molar-refractivity contribution >= 4 is 12.0 Å². The number of nitrogens with two attached hydrogens (primary N) is 1. The molecule has 0 radical (unpaired) electrons. The van der Waals surface area contributed by atoms with Gasteiger partial charge in [-0.05, 0) is 31.5 Å². The predicted octanol–water partition coefficient (Wildman–Crippen LogP) is 2.30. The second kappa shape index (κ2) is 9.49. The van der Waals surface area contributed by atoms with Crippen LogP contribution in [0.2, 0.25) is 0 Å². The maximum absolute atomic E-state index is 13.6. The summed E-state index contributed by atoms with van der Waals surface area (Å²) in [5, 5.41) is 2.92. The molecule has 2 rings (SSSR count). The van der Waals surface area contributed by atoms with E-state index in [0.29, 0.717) is 31.6 Å². The number of halogens is 2. The van der Waals surface area contributed by atoms with Crippen LogP contribution in [-0.2, 0) is 4.79 Å². The maximum Gasteiger partial charge on any atom is 0.221 e. The summed E-state index contributed by atoms with van der Waals surface area (Å²) in [5.74, 6) is -1.16. The smallest absolute Gasteiger partial charge is 0.221 e.